The van der Waals surface area contributed by atoms with E-state index in [0.717, 1.165) is 34.0 Å². The van der Waals surface area contributed by atoms with Gasteiger partial charge in [-0.05, 0) is 81.0 Å². The Morgan fingerprint density at radius 3 is 2.34 bits per heavy atom. The van der Waals surface area contributed by atoms with Crippen molar-refractivity contribution in [1.82, 2.24) is 14.9 Å². The molecule has 0 aliphatic carbocycles. The minimum absolute atomic E-state index is 0.0847. The van der Waals surface area contributed by atoms with Gasteiger partial charge in [-0.15, -0.1) is 0 Å². The summed E-state index contributed by atoms with van der Waals surface area (Å²) in [5.41, 5.74) is 7.60. The minimum atomic E-state index is -0.537. The fraction of sp³-hybridized carbons (Fsp3) is 0.303. The van der Waals surface area contributed by atoms with Crippen LogP contribution in [0.5, 0.6) is 5.75 Å². The van der Waals surface area contributed by atoms with Gasteiger partial charge in [-0.1, -0.05) is 44.5 Å². The second kappa shape index (κ2) is 11.0. The molecule has 1 aliphatic heterocycles. The summed E-state index contributed by atoms with van der Waals surface area (Å²) in [6, 6.07) is 22.2. The number of amides is 1. The SMILES string of the molecule is COc1cc(N2C(=S)NC(c3ccccn3)C2c2cc(C)n(-c3ccc(C)cc3)c2C)ccc1NC(=O)C(C)(C)C. The molecule has 5 rings (SSSR count). The van der Waals surface area contributed by atoms with Crippen molar-refractivity contribution in [2.24, 2.45) is 5.41 Å². The Bertz CT molecular complexity index is 1590. The maximum absolute atomic E-state index is 12.7. The topological polar surface area (TPSA) is 71.4 Å². The molecule has 7 nitrogen and oxygen atoms in total. The highest BCUT2D eigenvalue weighted by Crippen LogP contribution is 2.45. The molecule has 0 radical (unpaired) electrons. The molecule has 1 aliphatic rings. The minimum Gasteiger partial charge on any atom is -0.494 e. The first-order chi connectivity index (χ1) is 19.5. The smallest absolute Gasteiger partial charge is 0.229 e. The molecule has 0 bridgehead atoms. The van der Waals surface area contributed by atoms with Crippen LogP contribution >= 0.6 is 12.2 Å². The van der Waals surface area contributed by atoms with Crippen LogP contribution in [0.2, 0.25) is 0 Å². The van der Waals surface area contributed by atoms with Crippen LogP contribution in [0.4, 0.5) is 11.4 Å². The molecular formula is C33H37N5O2S. The van der Waals surface area contributed by atoms with Gasteiger partial charge in [0.2, 0.25) is 5.91 Å². The largest absolute Gasteiger partial charge is 0.494 e. The third-order valence-corrected chi connectivity index (χ3v) is 7.89. The number of anilines is 2. The molecule has 1 fully saturated rings. The number of hydrogen-bond donors (Lipinski definition) is 2. The Balaban J connectivity index is 1.62. The molecule has 3 heterocycles. The van der Waals surface area contributed by atoms with Crippen LogP contribution in [-0.4, -0.2) is 27.7 Å². The number of rotatable bonds is 6. The molecule has 41 heavy (non-hydrogen) atoms. The van der Waals surface area contributed by atoms with Gasteiger partial charge in [0, 0.05) is 40.4 Å². The maximum Gasteiger partial charge on any atom is 0.229 e. The predicted octanol–water partition coefficient (Wildman–Crippen LogP) is 6.97. The number of aryl methyl sites for hydroxylation is 2. The first-order valence-corrected chi connectivity index (χ1v) is 14.2. The van der Waals surface area contributed by atoms with Crippen LogP contribution in [0.1, 0.15) is 61.1 Å². The monoisotopic (exact) mass is 567 g/mol. The first-order valence-electron chi connectivity index (χ1n) is 13.8. The molecule has 0 spiro atoms. The highest BCUT2D eigenvalue weighted by molar-refractivity contribution is 7.80. The summed E-state index contributed by atoms with van der Waals surface area (Å²) in [5.74, 6) is 0.478. The van der Waals surface area contributed by atoms with Crippen LogP contribution in [0, 0.1) is 26.2 Å². The summed E-state index contributed by atoms with van der Waals surface area (Å²) >= 11 is 5.97. The van der Waals surface area contributed by atoms with Crippen LogP contribution in [0.25, 0.3) is 5.69 Å². The summed E-state index contributed by atoms with van der Waals surface area (Å²) in [7, 11) is 1.61. The van der Waals surface area contributed by atoms with Gasteiger partial charge in [0.15, 0.2) is 5.11 Å². The second-order valence-corrected chi connectivity index (χ2v) is 12.0. The van der Waals surface area contributed by atoms with E-state index in [4.69, 9.17) is 21.9 Å². The number of benzene rings is 2. The number of methoxy groups -OCH3 is 1. The van der Waals surface area contributed by atoms with Crippen LogP contribution in [0.3, 0.4) is 0 Å². The Kier molecular flexibility index (Phi) is 7.62. The van der Waals surface area contributed by atoms with Gasteiger partial charge in [-0.25, -0.2) is 0 Å². The third-order valence-electron chi connectivity index (χ3n) is 7.57. The highest BCUT2D eigenvalue weighted by Gasteiger charge is 2.42. The Morgan fingerprint density at radius 1 is 1.00 bits per heavy atom. The number of carbonyl (C=O) groups excluding carboxylic acids is 1. The summed E-state index contributed by atoms with van der Waals surface area (Å²) in [6.07, 6.45) is 1.81. The van der Waals surface area contributed by atoms with Crippen LogP contribution in [-0.2, 0) is 4.79 Å². The normalized spacial score (nSPS) is 17.0. The average molecular weight is 568 g/mol. The molecule has 2 atom stereocenters. The molecule has 212 valence electrons. The Morgan fingerprint density at radius 2 is 1.71 bits per heavy atom. The summed E-state index contributed by atoms with van der Waals surface area (Å²) < 4.78 is 8.03. The van der Waals surface area contributed by atoms with E-state index in [1.165, 1.54) is 5.56 Å². The fourth-order valence-electron chi connectivity index (χ4n) is 5.37. The lowest BCUT2D eigenvalue weighted by molar-refractivity contribution is -0.123. The van der Waals surface area contributed by atoms with E-state index >= 15 is 0 Å². The van der Waals surface area contributed by atoms with Crippen LogP contribution < -0.4 is 20.3 Å². The number of nitrogens with zero attached hydrogens (tertiary/aromatic N) is 3. The molecular weight excluding hydrogens is 530 g/mol. The van der Waals surface area contributed by atoms with Crippen molar-refractivity contribution in [1.29, 1.82) is 0 Å². The molecule has 1 saturated heterocycles. The second-order valence-electron chi connectivity index (χ2n) is 11.6. The van der Waals surface area contributed by atoms with E-state index in [0.29, 0.717) is 16.5 Å². The van der Waals surface area contributed by atoms with E-state index in [1.54, 1.807) is 7.11 Å². The lowest BCUT2D eigenvalue weighted by atomic mass is 9.95. The number of thiocarbonyl (C=S) groups is 1. The predicted molar refractivity (Wildman–Crippen MR) is 169 cm³/mol. The van der Waals surface area contributed by atoms with Gasteiger partial charge < -0.3 is 24.8 Å². The maximum atomic E-state index is 12.7. The van der Waals surface area contributed by atoms with Crippen molar-refractivity contribution in [2.75, 3.05) is 17.3 Å². The standard InChI is InChI=1S/C33H37N5O2S/c1-20-11-13-23(14-12-20)37-21(2)18-25(22(37)3)30-29(27-10-8-9-17-34-27)36-32(41)38(30)24-15-16-26(28(19-24)40-7)35-31(39)33(4,5)6/h8-19,29-30H,1-7H3,(H,35,39)(H,36,41). The average Bonchev–Trinajstić information content (AvgIpc) is 3.44. The quantitative estimate of drug-likeness (QED) is 0.245. The van der Waals surface area contributed by atoms with Crippen LogP contribution in [0.15, 0.2) is 72.9 Å². The molecule has 1 amide bonds. The number of nitrogens with one attached hydrogen (secondary N) is 2. The van der Waals surface area contributed by atoms with E-state index < -0.39 is 5.41 Å². The Labute approximate surface area is 247 Å². The third kappa shape index (κ3) is 5.44. The van der Waals surface area contributed by atoms with Gasteiger partial charge in [0.05, 0.1) is 30.6 Å². The van der Waals surface area contributed by atoms with E-state index in [-0.39, 0.29) is 18.0 Å². The molecule has 0 saturated carbocycles. The highest BCUT2D eigenvalue weighted by atomic mass is 32.1. The molecule has 4 aromatic rings. The number of pyridine rings is 1. The summed E-state index contributed by atoms with van der Waals surface area (Å²) in [5, 5.41) is 7.15. The molecule has 2 aromatic heterocycles. The lowest BCUT2D eigenvalue weighted by Gasteiger charge is -2.29. The number of carbonyl (C=O) groups is 1. The lowest BCUT2D eigenvalue weighted by Crippen LogP contribution is -2.30. The molecule has 2 unspecified atom stereocenters. The van der Waals surface area contributed by atoms with Crippen molar-refractivity contribution in [3.63, 3.8) is 0 Å². The summed E-state index contributed by atoms with van der Waals surface area (Å²) in [6.45, 7) is 12.0. The van der Waals surface area contributed by atoms with Crippen molar-refractivity contribution in [3.05, 3.63) is 101 Å². The van der Waals surface area contributed by atoms with Gasteiger partial charge in [-0.3, -0.25) is 9.78 Å². The van der Waals surface area contributed by atoms with Gasteiger partial charge in [0.1, 0.15) is 5.75 Å². The molecule has 2 aromatic carbocycles. The fourth-order valence-corrected chi connectivity index (χ4v) is 5.72. The molecule has 2 N–H and O–H groups in total. The van der Waals surface area contributed by atoms with Gasteiger partial charge in [-0.2, -0.15) is 0 Å². The van der Waals surface area contributed by atoms with Crippen molar-refractivity contribution in [2.45, 2.75) is 53.6 Å². The van der Waals surface area contributed by atoms with E-state index in [1.807, 2.05) is 63.4 Å². The van der Waals surface area contributed by atoms with E-state index in [9.17, 15) is 4.79 Å². The summed E-state index contributed by atoms with van der Waals surface area (Å²) in [4.78, 5) is 19.6. The first kappa shape index (κ1) is 28.4. The van der Waals surface area contributed by atoms with Gasteiger partial charge in [0.25, 0.3) is 0 Å². The zero-order valence-corrected chi connectivity index (χ0v) is 25.5. The number of aromatic nitrogens is 2. The van der Waals surface area contributed by atoms with Crippen molar-refractivity contribution >= 4 is 34.6 Å². The number of hydrogen-bond acceptors (Lipinski definition) is 4. The van der Waals surface area contributed by atoms with Crippen molar-refractivity contribution in [3.8, 4) is 11.4 Å². The van der Waals surface area contributed by atoms with Crippen molar-refractivity contribution < 1.29 is 9.53 Å². The number of ether oxygens (including phenoxy) is 1. The Hall–Kier alpha value is -4.17. The molecule has 8 heteroatoms. The zero-order valence-electron chi connectivity index (χ0n) is 24.6. The zero-order chi connectivity index (χ0) is 29.5. The van der Waals surface area contributed by atoms with Gasteiger partial charge >= 0.3 is 0 Å². The van der Waals surface area contributed by atoms with E-state index in [2.05, 4.69) is 71.2 Å².